The lowest BCUT2D eigenvalue weighted by molar-refractivity contribution is 0.280. The second-order valence-corrected chi connectivity index (χ2v) is 5.51. The Kier molecular flexibility index (Phi) is 5.14. The number of aliphatic hydroxyl groups is 1. The van der Waals surface area contributed by atoms with E-state index in [1.807, 2.05) is 6.92 Å². The molecule has 0 radical (unpaired) electrons. The number of hydrogen-bond acceptors (Lipinski definition) is 4. The van der Waals surface area contributed by atoms with Gasteiger partial charge in [0.25, 0.3) is 0 Å². The highest BCUT2D eigenvalue weighted by molar-refractivity contribution is 5.32. The first-order valence-electron chi connectivity index (χ1n) is 7.43. The van der Waals surface area contributed by atoms with Crippen LogP contribution in [-0.2, 0) is 6.61 Å². The number of anilines is 1. The molecule has 1 fully saturated rings. The van der Waals surface area contributed by atoms with Gasteiger partial charge in [0.05, 0.1) is 6.61 Å². The summed E-state index contributed by atoms with van der Waals surface area (Å²) < 4.78 is 0. The highest BCUT2D eigenvalue weighted by Crippen LogP contribution is 2.24. The van der Waals surface area contributed by atoms with Gasteiger partial charge in [-0.1, -0.05) is 19.8 Å². The fourth-order valence-corrected chi connectivity index (χ4v) is 2.85. The highest BCUT2D eigenvalue weighted by Gasteiger charge is 2.18. The number of aromatic nitrogens is 2. The maximum Gasteiger partial charge on any atom is 0.225 e. The topological polar surface area (TPSA) is 49.2 Å². The van der Waals surface area contributed by atoms with Crippen molar-refractivity contribution in [1.82, 2.24) is 9.97 Å². The van der Waals surface area contributed by atoms with Crippen molar-refractivity contribution in [2.24, 2.45) is 5.92 Å². The third-order valence-electron chi connectivity index (χ3n) is 4.07. The lowest BCUT2D eigenvalue weighted by atomic mass is 9.96. The van der Waals surface area contributed by atoms with Crippen LogP contribution in [0.25, 0.3) is 0 Å². The molecule has 1 N–H and O–H groups in total. The molecule has 19 heavy (non-hydrogen) atoms. The molecule has 4 nitrogen and oxygen atoms in total. The van der Waals surface area contributed by atoms with Crippen molar-refractivity contribution in [2.45, 2.75) is 52.6 Å². The van der Waals surface area contributed by atoms with Gasteiger partial charge < -0.3 is 10.0 Å². The van der Waals surface area contributed by atoms with Crippen LogP contribution in [0, 0.1) is 12.8 Å². The minimum atomic E-state index is 0.0185. The molecule has 2 heterocycles. The van der Waals surface area contributed by atoms with Crippen molar-refractivity contribution in [2.75, 3.05) is 18.0 Å². The van der Waals surface area contributed by atoms with E-state index in [0.717, 1.165) is 36.2 Å². The van der Waals surface area contributed by atoms with Crippen LogP contribution < -0.4 is 4.90 Å². The zero-order valence-corrected chi connectivity index (χ0v) is 12.1. The number of aliphatic hydroxyl groups excluding tert-OH is 1. The fraction of sp³-hybridized carbons (Fsp3) is 0.733. The van der Waals surface area contributed by atoms with Crippen molar-refractivity contribution < 1.29 is 5.11 Å². The molecule has 1 aromatic heterocycles. The minimum Gasteiger partial charge on any atom is -0.392 e. The summed E-state index contributed by atoms with van der Waals surface area (Å²) in [6.07, 6.45) is 8.19. The average molecular weight is 263 g/mol. The molecule has 0 amide bonds. The van der Waals surface area contributed by atoms with Gasteiger partial charge in [0.1, 0.15) is 0 Å². The van der Waals surface area contributed by atoms with Crippen molar-refractivity contribution in [1.29, 1.82) is 0 Å². The van der Waals surface area contributed by atoms with E-state index in [0.29, 0.717) is 0 Å². The Morgan fingerprint density at radius 3 is 2.89 bits per heavy atom. The van der Waals surface area contributed by atoms with E-state index in [-0.39, 0.29) is 6.61 Å². The number of hydrogen-bond donors (Lipinski definition) is 1. The lowest BCUT2D eigenvalue weighted by Gasteiger charge is -2.21. The maximum atomic E-state index is 9.16. The van der Waals surface area contributed by atoms with Crippen LogP contribution in [0.4, 0.5) is 5.95 Å². The smallest absolute Gasteiger partial charge is 0.225 e. The molecule has 1 atom stereocenters. The van der Waals surface area contributed by atoms with Crippen LogP contribution in [-0.4, -0.2) is 28.2 Å². The fourth-order valence-electron chi connectivity index (χ4n) is 2.85. The molecule has 4 heteroatoms. The number of nitrogens with zero attached hydrogens (tertiary/aromatic N) is 3. The molecule has 1 saturated heterocycles. The van der Waals surface area contributed by atoms with E-state index >= 15 is 0 Å². The standard InChI is InChI=1S/C15H25N3O/c1-3-5-13-6-4-8-18(9-7-13)15-16-10-14(11-19)12(2)17-15/h10,13,19H,3-9,11H2,1-2H3. The highest BCUT2D eigenvalue weighted by atomic mass is 16.3. The lowest BCUT2D eigenvalue weighted by Crippen LogP contribution is -2.26. The molecular weight excluding hydrogens is 238 g/mol. The SMILES string of the molecule is CCCC1CCCN(c2ncc(CO)c(C)n2)CC1. The third kappa shape index (κ3) is 3.66. The zero-order valence-electron chi connectivity index (χ0n) is 12.1. The zero-order chi connectivity index (χ0) is 13.7. The van der Waals surface area contributed by atoms with E-state index in [4.69, 9.17) is 5.11 Å². The summed E-state index contributed by atoms with van der Waals surface area (Å²) in [7, 11) is 0. The van der Waals surface area contributed by atoms with Gasteiger partial charge in [0, 0.05) is 30.5 Å². The quantitative estimate of drug-likeness (QED) is 0.907. The summed E-state index contributed by atoms with van der Waals surface area (Å²) in [6.45, 7) is 6.34. The second-order valence-electron chi connectivity index (χ2n) is 5.51. The van der Waals surface area contributed by atoms with Crippen molar-refractivity contribution in [3.05, 3.63) is 17.5 Å². The van der Waals surface area contributed by atoms with Crippen LogP contribution in [0.15, 0.2) is 6.20 Å². The van der Waals surface area contributed by atoms with Gasteiger partial charge in [-0.2, -0.15) is 0 Å². The molecule has 106 valence electrons. The molecule has 0 saturated carbocycles. The van der Waals surface area contributed by atoms with E-state index in [9.17, 15) is 0 Å². The molecule has 1 aromatic rings. The van der Waals surface area contributed by atoms with E-state index in [1.54, 1.807) is 6.20 Å². The Morgan fingerprint density at radius 1 is 1.37 bits per heavy atom. The Bertz CT molecular complexity index is 408. The summed E-state index contributed by atoms with van der Waals surface area (Å²) >= 11 is 0. The van der Waals surface area contributed by atoms with Gasteiger partial charge in [-0.25, -0.2) is 9.97 Å². The first-order chi connectivity index (χ1) is 9.24. The summed E-state index contributed by atoms with van der Waals surface area (Å²) in [5, 5.41) is 9.16. The van der Waals surface area contributed by atoms with Crippen molar-refractivity contribution >= 4 is 5.95 Å². The molecule has 1 aliphatic rings. The Labute approximate surface area is 115 Å². The predicted molar refractivity (Wildman–Crippen MR) is 77.2 cm³/mol. The monoisotopic (exact) mass is 263 g/mol. The van der Waals surface area contributed by atoms with Crippen LogP contribution in [0.1, 0.15) is 50.3 Å². The molecule has 0 aromatic carbocycles. The van der Waals surface area contributed by atoms with Crippen molar-refractivity contribution in [3.63, 3.8) is 0 Å². The maximum absolute atomic E-state index is 9.16. The van der Waals surface area contributed by atoms with Crippen LogP contribution in [0.2, 0.25) is 0 Å². The molecule has 2 rings (SSSR count). The Balaban J connectivity index is 2.03. The molecule has 0 spiro atoms. The van der Waals surface area contributed by atoms with Gasteiger partial charge in [-0.3, -0.25) is 0 Å². The average Bonchev–Trinajstić information content (AvgIpc) is 2.65. The number of rotatable bonds is 4. The molecule has 1 aliphatic heterocycles. The molecule has 0 aliphatic carbocycles. The van der Waals surface area contributed by atoms with E-state index < -0.39 is 0 Å². The Morgan fingerprint density at radius 2 is 2.21 bits per heavy atom. The van der Waals surface area contributed by atoms with Gasteiger partial charge in [0.2, 0.25) is 5.95 Å². The number of aryl methyl sites for hydroxylation is 1. The molecule has 0 bridgehead atoms. The summed E-state index contributed by atoms with van der Waals surface area (Å²) in [5.41, 5.74) is 1.71. The third-order valence-corrected chi connectivity index (χ3v) is 4.07. The molecular formula is C15H25N3O. The van der Waals surface area contributed by atoms with E-state index in [1.165, 1.54) is 32.1 Å². The van der Waals surface area contributed by atoms with Crippen LogP contribution in [0.5, 0.6) is 0 Å². The normalized spacial score (nSPS) is 20.4. The Hall–Kier alpha value is -1.16. The van der Waals surface area contributed by atoms with Gasteiger partial charge >= 0.3 is 0 Å². The van der Waals surface area contributed by atoms with Crippen LogP contribution in [0.3, 0.4) is 0 Å². The summed E-state index contributed by atoms with van der Waals surface area (Å²) in [4.78, 5) is 11.2. The van der Waals surface area contributed by atoms with Gasteiger partial charge in [-0.15, -0.1) is 0 Å². The van der Waals surface area contributed by atoms with Gasteiger partial charge in [0.15, 0.2) is 0 Å². The van der Waals surface area contributed by atoms with Crippen LogP contribution >= 0.6 is 0 Å². The first kappa shape index (κ1) is 14.3. The second kappa shape index (κ2) is 6.85. The summed E-state index contributed by atoms with van der Waals surface area (Å²) in [5.74, 6) is 1.69. The first-order valence-corrected chi connectivity index (χ1v) is 7.43. The summed E-state index contributed by atoms with van der Waals surface area (Å²) in [6, 6.07) is 0. The molecule has 1 unspecified atom stereocenters. The van der Waals surface area contributed by atoms with Crippen molar-refractivity contribution in [3.8, 4) is 0 Å². The predicted octanol–water partition coefficient (Wildman–Crippen LogP) is 2.68. The van der Waals surface area contributed by atoms with E-state index in [2.05, 4.69) is 21.8 Å². The van der Waals surface area contributed by atoms with Gasteiger partial charge in [-0.05, 0) is 32.1 Å². The largest absolute Gasteiger partial charge is 0.392 e. The minimum absolute atomic E-state index is 0.0185.